The number of carbonyl (C=O) groups excluding carboxylic acids is 1. The van der Waals surface area contributed by atoms with Crippen LogP contribution in [0, 0.1) is 0 Å². The standard InChI is InChI=1S/C22H26ClN3O2/c1-15(14-26-20(27)13-16-5-3-2-4-6-19(16)25-26)24-21(28)22(11-12-22)17-7-9-18(23)10-8-17/h7-10,13,15H,2-6,11-12,14H2,1H3,(H,24,28)/t15-/m1/s1. The molecule has 1 amide bonds. The van der Waals surface area contributed by atoms with Gasteiger partial charge in [-0.1, -0.05) is 30.2 Å². The Morgan fingerprint density at radius 3 is 2.64 bits per heavy atom. The van der Waals surface area contributed by atoms with Gasteiger partial charge in [-0.15, -0.1) is 0 Å². The molecule has 1 heterocycles. The summed E-state index contributed by atoms with van der Waals surface area (Å²) in [5.74, 6) is 0.0186. The monoisotopic (exact) mass is 399 g/mol. The molecule has 0 spiro atoms. The quantitative estimate of drug-likeness (QED) is 0.783. The Morgan fingerprint density at radius 2 is 1.93 bits per heavy atom. The van der Waals surface area contributed by atoms with Crippen molar-refractivity contribution in [1.29, 1.82) is 0 Å². The van der Waals surface area contributed by atoms with Gasteiger partial charge in [-0.05, 0) is 68.7 Å². The predicted molar refractivity (Wildman–Crippen MR) is 110 cm³/mol. The number of benzene rings is 1. The molecule has 28 heavy (non-hydrogen) atoms. The zero-order valence-corrected chi connectivity index (χ0v) is 17.0. The fourth-order valence-electron chi connectivity index (χ4n) is 4.12. The van der Waals surface area contributed by atoms with Crippen LogP contribution in [-0.4, -0.2) is 21.7 Å². The van der Waals surface area contributed by atoms with Gasteiger partial charge in [-0.25, -0.2) is 4.68 Å². The minimum absolute atomic E-state index is 0.0186. The smallest absolute Gasteiger partial charge is 0.267 e. The van der Waals surface area contributed by atoms with Crippen LogP contribution in [0.15, 0.2) is 35.1 Å². The van der Waals surface area contributed by atoms with E-state index in [0.717, 1.165) is 55.3 Å². The maximum atomic E-state index is 12.9. The van der Waals surface area contributed by atoms with E-state index in [-0.39, 0.29) is 17.5 Å². The highest BCUT2D eigenvalue weighted by Crippen LogP contribution is 2.48. The van der Waals surface area contributed by atoms with Gasteiger partial charge in [0.25, 0.3) is 5.56 Å². The van der Waals surface area contributed by atoms with Crippen LogP contribution >= 0.6 is 11.6 Å². The van der Waals surface area contributed by atoms with Gasteiger partial charge in [0, 0.05) is 17.1 Å². The van der Waals surface area contributed by atoms with E-state index in [4.69, 9.17) is 11.6 Å². The number of aryl methyl sites for hydroxylation is 2. The summed E-state index contributed by atoms with van der Waals surface area (Å²) in [6, 6.07) is 9.07. The van der Waals surface area contributed by atoms with E-state index in [1.807, 2.05) is 31.2 Å². The minimum Gasteiger partial charge on any atom is -0.351 e. The number of nitrogens with one attached hydrogen (secondary N) is 1. The number of halogens is 1. The number of amides is 1. The topological polar surface area (TPSA) is 64.0 Å². The molecule has 1 aromatic carbocycles. The molecule has 2 aliphatic rings. The zero-order valence-electron chi connectivity index (χ0n) is 16.2. The van der Waals surface area contributed by atoms with Crippen LogP contribution in [0.2, 0.25) is 5.02 Å². The number of hydrogen-bond acceptors (Lipinski definition) is 3. The van der Waals surface area contributed by atoms with Gasteiger partial charge in [0.15, 0.2) is 0 Å². The van der Waals surface area contributed by atoms with Gasteiger partial charge in [0.1, 0.15) is 0 Å². The lowest BCUT2D eigenvalue weighted by atomic mass is 9.95. The van der Waals surface area contributed by atoms with E-state index in [9.17, 15) is 9.59 Å². The van der Waals surface area contributed by atoms with Crippen molar-refractivity contribution < 1.29 is 4.79 Å². The van der Waals surface area contributed by atoms with Crippen LogP contribution in [0.5, 0.6) is 0 Å². The van der Waals surface area contributed by atoms with Crippen molar-refractivity contribution in [3.8, 4) is 0 Å². The average Bonchev–Trinajstić information content (AvgIpc) is 3.48. The number of hydrogen-bond donors (Lipinski definition) is 1. The third kappa shape index (κ3) is 3.86. The first-order valence-corrected chi connectivity index (χ1v) is 10.5. The Hall–Kier alpha value is -2.14. The van der Waals surface area contributed by atoms with Gasteiger partial charge in [0.2, 0.25) is 5.91 Å². The van der Waals surface area contributed by atoms with Crippen molar-refractivity contribution in [2.45, 2.75) is 69.9 Å². The van der Waals surface area contributed by atoms with E-state index >= 15 is 0 Å². The maximum Gasteiger partial charge on any atom is 0.267 e. The predicted octanol–water partition coefficient (Wildman–Crippen LogP) is 3.40. The highest BCUT2D eigenvalue weighted by molar-refractivity contribution is 6.30. The SMILES string of the molecule is C[C@H](Cn1nc2c(cc1=O)CCCCC2)NC(=O)C1(c2ccc(Cl)cc2)CC1. The lowest BCUT2D eigenvalue weighted by Crippen LogP contribution is -2.43. The van der Waals surface area contributed by atoms with Gasteiger partial charge in [-0.3, -0.25) is 9.59 Å². The van der Waals surface area contributed by atoms with Crippen molar-refractivity contribution in [3.05, 3.63) is 62.5 Å². The molecule has 1 atom stereocenters. The molecular weight excluding hydrogens is 374 g/mol. The fraction of sp³-hybridized carbons (Fsp3) is 0.500. The van der Waals surface area contributed by atoms with Crippen LogP contribution in [0.1, 0.15) is 55.8 Å². The molecule has 1 aromatic heterocycles. The second-order valence-corrected chi connectivity index (χ2v) is 8.60. The summed E-state index contributed by atoms with van der Waals surface area (Å²) >= 11 is 5.97. The van der Waals surface area contributed by atoms with Crippen LogP contribution in [-0.2, 0) is 29.6 Å². The van der Waals surface area contributed by atoms with Crippen molar-refractivity contribution in [3.63, 3.8) is 0 Å². The highest BCUT2D eigenvalue weighted by atomic mass is 35.5. The minimum atomic E-state index is -0.453. The van der Waals surface area contributed by atoms with E-state index in [1.54, 1.807) is 6.07 Å². The first-order valence-electron chi connectivity index (χ1n) is 10.1. The molecular formula is C22H26ClN3O2. The second-order valence-electron chi connectivity index (χ2n) is 8.16. The third-order valence-corrected chi connectivity index (χ3v) is 6.18. The molecule has 1 N–H and O–H groups in total. The van der Waals surface area contributed by atoms with Crippen LogP contribution in [0.4, 0.5) is 0 Å². The molecule has 0 radical (unpaired) electrons. The summed E-state index contributed by atoms with van der Waals surface area (Å²) in [4.78, 5) is 25.4. The summed E-state index contributed by atoms with van der Waals surface area (Å²) in [7, 11) is 0. The summed E-state index contributed by atoms with van der Waals surface area (Å²) in [6.07, 6.45) is 6.97. The molecule has 4 rings (SSSR count). The van der Waals surface area contributed by atoms with Crippen LogP contribution in [0.25, 0.3) is 0 Å². The lowest BCUT2D eigenvalue weighted by Gasteiger charge is -2.21. The first kappa shape index (κ1) is 19.2. The first-order chi connectivity index (χ1) is 13.5. The molecule has 2 aliphatic carbocycles. The van der Waals surface area contributed by atoms with E-state index in [0.29, 0.717) is 11.6 Å². The Labute approximate surface area is 170 Å². The number of rotatable bonds is 5. The van der Waals surface area contributed by atoms with Gasteiger partial charge in [0.05, 0.1) is 17.7 Å². The summed E-state index contributed by atoms with van der Waals surface area (Å²) in [5, 5.41) is 8.36. The van der Waals surface area contributed by atoms with Crippen LogP contribution in [0.3, 0.4) is 0 Å². The highest BCUT2D eigenvalue weighted by Gasteiger charge is 2.51. The van der Waals surface area contributed by atoms with E-state index in [1.165, 1.54) is 11.1 Å². The number of aromatic nitrogens is 2. The van der Waals surface area contributed by atoms with E-state index in [2.05, 4.69) is 10.4 Å². The Kier molecular flexibility index (Phi) is 5.28. The molecule has 0 aliphatic heterocycles. The number of carbonyl (C=O) groups is 1. The van der Waals surface area contributed by atoms with Crippen molar-refractivity contribution in [1.82, 2.24) is 15.1 Å². The second kappa shape index (κ2) is 7.70. The van der Waals surface area contributed by atoms with E-state index < -0.39 is 5.41 Å². The molecule has 0 saturated heterocycles. The summed E-state index contributed by atoms with van der Waals surface area (Å²) < 4.78 is 1.51. The molecule has 1 fully saturated rings. The number of nitrogens with zero attached hydrogens (tertiary/aromatic N) is 2. The van der Waals surface area contributed by atoms with Crippen molar-refractivity contribution in [2.75, 3.05) is 0 Å². The van der Waals surface area contributed by atoms with Gasteiger partial charge < -0.3 is 5.32 Å². The van der Waals surface area contributed by atoms with Gasteiger partial charge in [-0.2, -0.15) is 5.10 Å². The largest absolute Gasteiger partial charge is 0.351 e. The Bertz CT molecular complexity index is 932. The number of fused-ring (bicyclic) bond motifs is 1. The molecule has 0 unspecified atom stereocenters. The molecule has 5 nitrogen and oxygen atoms in total. The lowest BCUT2D eigenvalue weighted by molar-refractivity contribution is -0.124. The van der Waals surface area contributed by atoms with Crippen LogP contribution < -0.4 is 10.9 Å². The molecule has 148 valence electrons. The molecule has 1 saturated carbocycles. The molecule has 0 bridgehead atoms. The third-order valence-electron chi connectivity index (χ3n) is 5.93. The van der Waals surface area contributed by atoms with Crippen molar-refractivity contribution in [2.24, 2.45) is 0 Å². The zero-order chi connectivity index (χ0) is 19.7. The van der Waals surface area contributed by atoms with Gasteiger partial charge >= 0.3 is 0 Å². The molecule has 2 aromatic rings. The Morgan fingerprint density at radius 1 is 1.21 bits per heavy atom. The fourth-order valence-corrected chi connectivity index (χ4v) is 4.24. The normalized spacial score (nSPS) is 18.6. The summed E-state index contributed by atoms with van der Waals surface area (Å²) in [5.41, 5.74) is 2.60. The molecule has 6 heteroatoms. The Balaban J connectivity index is 1.45. The van der Waals surface area contributed by atoms with Crippen molar-refractivity contribution >= 4 is 17.5 Å². The summed E-state index contributed by atoms with van der Waals surface area (Å²) in [6.45, 7) is 2.31. The maximum absolute atomic E-state index is 12.9. The average molecular weight is 400 g/mol.